The first-order valence-corrected chi connectivity index (χ1v) is 23.1. The van der Waals surface area contributed by atoms with Crippen molar-refractivity contribution in [2.75, 3.05) is 30.3 Å². The van der Waals surface area contributed by atoms with Gasteiger partial charge in [-0.1, -0.05) is 84.9 Å². The monoisotopic (exact) mass is 953 g/mol. The number of aliphatic imine (C=N–C) groups is 1. The smallest absolute Gasteiger partial charge is 0.269 e. The van der Waals surface area contributed by atoms with E-state index in [9.17, 15) is 46.5 Å². The van der Waals surface area contributed by atoms with Crippen molar-refractivity contribution < 1.29 is 14.5 Å². The van der Waals surface area contributed by atoms with Gasteiger partial charge in [-0.05, 0) is 100 Å². The number of nitrogens with zero attached hydrogens (tertiary/aromatic N) is 9. The molecule has 0 aromatic heterocycles. The summed E-state index contributed by atoms with van der Waals surface area (Å²) >= 11 is 1.67. The fourth-order valence-electron chi connectivity index (χ4n) is 8.22. The SMILES string of the molecule is N#CC(C#N)=C1C(=Nc2ccc(N(CCOc3ccc(/C=C4\C(=O)c5ccccc5C4=C(C#N)C#N)cc3)CCSc3ccc(/C=C\c4ccc([N+](=O)[O-])cc4)cc3)cc2)C(=C(C#N)C#N)c2ccccc21. The average molecular weight is 954 g/mol. The van der Waals surface area contributed by atoms with Gasteiger partial charge in [0.25, 0.3) is 5.69 Å². The number of ketones is 1. The number of fused-ring (bicyclic) bond motifs is 2. The zero-order chi connectivity index (χ0) is 50.6. The third kappa shape index (κ3) is 10.4. The molecule has 2 aliphatic carbocycles. The second-order valence-corrected chi connectivity index (χ2v) is 17.0. The molecule has 6 aromatic carbocycles. The summed E-state index contributed by atoms with van der Waals surface area (Å²) in [5.41, 5.74) is 6.61. The van der Waals surface area contributed by atoms with E-state index in [1.807, 2.05) is 85.0 Å². The van der Waals surface area contributed by atoms with E-state index in [0.29, 0.717) is 63.7 Å². The second kappa shape index (κ2) is 22.2. The Hall–Kier alpha value is -10.4. The third-order valence-corrected chi connectivity index (χ3v) is 12.7. The topological polar surface area (TPSA) is 228 Å². The number of thioether (sulfide) groups is 1. The Balaban J connectivity index is 1.02. The first-order chi connectivity index (χ1) is 35.2. The van der Waals surface area contributed by atoms with E-state index in [0.717, 1.165) is 21.7 Å². The number of carbonyl (C=O) groups is 1. The second-order valence-electron chi connectivity index (χ2n) is 15.9. The first kappa shape index (κ1) is 48.1. The molecule has 0 saturated carbocycles. The number of non-ortho nitro benzene ring substituents is 1. The van der Waals surface area contributed by atoms with Crippen LogP contribution in [0.5, 0.6) is 5.75 Å². The van der Waals surface area contributed by atoms with Gasteiger partial charge in [-0.3, -0.25) is 14.9 Å². The lowest BCUT2D eigenvalue weighted by Crippen LogP contribution is -2.30. The van der Waals surface area contributed by atoms with E-state index in [-0.39, 0.29) is 57.2 Å². The number of anilines is 1. The van der Waals surface area contributed by atoms with Crippen LogP contribution in [0.25, 0.3) is 34.9 Å². The number of nitriles is 6. The lowest BCUT2D eigenvalue weighted by molar-refractivity contribution is -0.384. The summed E-state index contributed by atoms with van der Waals surface area (Å²) in [4.78, 5) is 32.1. The molecule has 72 heavy (non-hydrogen) atoms. The van der Waals surface area contributed by atoms with E-state index in [2.05, 4.69) is 4.90 Å². The molecular formula is C58H35N9O4S. The molecule has 0 aliphatic heterocycles. The molecule has 14 heteroatoms. The first-order valence-electron chi connectivity index (χ1n) is 22.1. The Kier molecular flexibility index (Phi) is 14.8. The number of ether oxygens (including phenoxy) is 1. The summed E-state index contributed by atoms with van der Waals surface area (Å²) in [5.74, 6) is 1.01. The molecule has 0 N–H and O–H groups in total. The number of Topliss-reactive ketones (excluding diaryl/α,β-unsaturated/α-hetero) is 1. The molecule has 0 unspecified atom stereocenters. The lowest BCUT2D eigenvalue weighted by Gasteiger charge is -2.25. The number of nitro benzene ring substituents is 1. The van der Waals surface area contributed by atoms with E-state index in [4.69, 9.17) is 9.73 Å². The van der Waals surface area contributed by atoms with Gasteiger partial charge in [0, 0.05) is 62.9 Å². The van der Waals surface area contributed by atoms with Gasteiger partial charge < -0.3 is 9.64 Å². The highest BCUT2D eigenvalue weighted by atomic mass is 32.2. The number of benzene rings is 6. The quantitative estimate of drug-likeness (QED) is 0.0248. The zero-order valence-electron chi connectivity index (χ0n) is 38.0. The predicted octanol–water partition coefficient (Wildman–Crippen LogP) is 11.9. The van der Waals surface area contributed by atoms with Crippen LogP contribution in [0, 0.1) is 78.1 Å². The minimum atomic E-state index is -0.429. The maximum absolute atomic E-state index is 13.4. The van der Waals surface area contributed by atoms with Crippen LogP contribution in [0.4, 0.5) is 17.1 Å². The molecule has 0 spiro atoms. The number of rotatable bonds is 14. The lowest BCUT2D eigenvalue weighted by atomic mass is 9.98. The van der Waals surface area contributed by atoms with E-state index in [1.54, 1.807) is 115 Å². The molecule has 0 fully saturated rings. The number of hydrogen-bond donors (Lipinski definition) is 0. The van der Waals surface area contributed by atoms with Gasteiger partial charge in [0.05, 0.1) is 22.9 Å². The Morgan fingerprint density at radius 1 is 0.597 bits per heavy atom. The van der Waals surface area contributed by atoms with Crippen molar-refractivity contribution in [2.24, 2.45) is 4.99 Å². The third-order valence-electron chi connectivity index (χ3n) is 11.7. The summed E-state index contributed by atoms with van der Waals surface area (Å²) in [5, 5.41) is 70.3. The van der Waals surface area contributed by atoms with Crippen molar-refractivity contribution in [3.63, 3.8) is 0 Å². The summed E-state index contributed by atoms with van der Waals surface area (Å²) < 4.78 is 6.25. The minimum absolute atomic E-state index is 0.0339. The highest BCUT2D eigenvalue weighted by Gasteiger charge is 2.34. The molecule has 8 rings (SSSR count). The molecule has 0 radical (unpaired) electrons. The average Bonchev–Trinajstić information content (AvgIpc) is 3.87. The molecule has 0 heterocycles. The number of hydrogen-bond acceptors (Lipinski definition) is 13. The number of allylic oxidation sites excluding steroid dienone is 7. The fourth-order valence-corrected chi connectivity index (χ4v) is 9.10. The fraction of sp³-hybridized carbons (Fsp3) is 0.0690. The molecule has 342 valence electrons. The van der Waals surface area contributed by atoms with E-state index >= 15 is 0 Å². The van der Waals surface area contributed by atoms with Crippen molar-refractivity contribution in [2.45, 2.75) is 4.90 Å². The number of nitro groups is 1. The van der Waals surface area contributed by atoms with Crippen LogP contribution in [0.3, 0.4) is 0 Å². The summed E-state index contributed by atoms with van der Waals surface area (Å²) in [7, 11) is 0. The van der Waals surface area contributed by atoms with Crippen molar-refractivity contribution in [3.8, 4) is 42.2 Å². The summed E-state index contributed by atoms with van der Waals surface area (Å²) in [6, 6.07) is 54.5. The van der Waals surface area contributed by atoms with Crippen LogP contribution in [-0.4, -0.2) is 41.9 Å². The van der Waals surface area contributed by atoms with E-state index in [1.165, 1.54) is 12.1 Å². The predicted molar refractivity (Wildman–Crippen MR) is 277 cm³/mol. The van der Waals surface area contributed by atoms with E-state index < -0.39 is 4.92 Å². The molecule has 0 bridgehead atoms. The molecule has 0 amide bonds. The molecule has 2 aliphatic rings. The highest BCUT2D eigenvalue weighted by Crippen LogP contribution is 2.43. The van der Waals surface area contributed by atoms with Crippen LogP contribution >= 0.6 is 11.8 Å². The summed E-state index contributed by atoms with van der Waals surface area (Å²) in [6.07, 6.45) is 5.51. The van der Waals surface area contributed by atoms with Crippen molar-refractivity contribution >= 4 is 75.3 Å². The Morgan fingerprint density at radius 2 is 1.08 bits per heavy atom. The summed E-state index contributed by atoms with van der Waals surface area (Å²) in [6.45, 7) is 1.36. The Bertz CT molecular complexity index is 3500. The van der Waals surface area contributed by atoms with Gasteiger partial charge in [-0.2, -0.15) is 31.6 Å². The number of carbonyl (C=O) groups excluding carboxylic acids is 1. The molecular weight excluding hydrogens is 919 g/mol. The van der Waals surface area contributed by atoms with Crippen LogP contribution in [0.1, 0.15) is 43.7 Å². The van der Waals surface area contributed by atoms with Gasteiger partial charge in [0.2, 0.25) is 0 Å². The maximum Gasteiger partial charge on any atom is 0.269 e. The van der Waals surface area contributed by atoms with Gasteiger partial charge in [0.1, 0.15) is 65.5 Å². The normalized spacial score (nSPS) is 12.6. The molecule has 6 aromatic rings. The Labute approximate surface area is 418 Å². The van der Waals surface area contributed by atoms with Crippen LogP contribution < -0.4 is 9.64 Å². The maximum atomic E-state index is 13.4. The Morgan fingerprint density at radius 3 is 1.61 bits per heavy atom. The standard InChI is InChI=1S/C58H35N9O4S/c59-32-41(33-60)54-51-7-3-4-8-52(51)58(68)53(54)31-40-13-23-47(24-14-40)71-29-27-66(28-30-72-48-25-15-39(16-26-48)10-9-38-11-19-46(20-12-38)67(69)70)45-21-17-44(18-22-45)65-57-55(42(34-61)35-62)49-5-1-2-6-50(49)56(57)43(36-63)37-64/h1-26,31H,27-30H2/b10-9-,53-31-. The molecule has 13 nitrogen and oxygen atoms in total. The van der Waals surface area contributed by atoms with Gasteiger partial charge in [-0.25, -0.2) is 4.99 Å². The highest BCUT2D eigenvalue weighted by molar-refractivity contribution is 7.99. The van der Waals surface area contributed by atoms with Gasteiger partial charge >= 0.3 is 0 Å². The molecule has 0 atom stereocenters. The van der Waals surface area contributed by atoms with Crippen molar-refractivity contribution in [1.82, 2.24) is 0 Å². The van der Waals surface area contributed by atoms with Crippen LogP contribution in [-0.2, 0) is 0 Å². The van der Waals surface area contributed by atoms with Crippen LogP contribution in [0.15, 0.2) is 178 Å². The van der Waals surface area contributed by atoms with Crippen LogP contribution in [0.2, 0.25) is 0 Å². The van der Waals surface area contributed by atoms with Gasteiger partial charge in [0.15, 0.2) is 5.78 Å². The molecule has 0 saturated heterocycles. The van der Waals surface area contributed by atoms with Crippen molar-refractivity contribution in [3.05, 3.63) is 217 Å². The van der Waals surface area contributed by atoms with Crippen molar-refractivity contribution in [1.29, 1.82) is 31.6 Å². The zero-order valence-corrected chi connectivity index (χ0v) is 38.8. The van der Waals surface area contributed by atoms with Gasteiger partial charge in [-0.15, -0.1) is 11.8 Å². The largest absolute Gasteiger partial charge is 0.492 e. The minimum Gasteiger partial charge on any atom is -0.492 e.